The Kier molecular flexibility index (Phi) is 6.25. The Morgan fingerprint density at radius 3 is 2.54 bits per heavy atom. The first kappa shape index (κ1) is 17.5. The SMILES string of the molecule is CN=C(NCCOc1ccccc1)NCc1ccc(-n2cccn2)cc1. The Labute approximate surface area is 153 Å². The van der Waals surface area contributed by atoms with Gasteiger partial charge in [-0.05, 0) is 35.9 Å². The van der Waals surface area contributed by atoms with Crippen molar-refractivity contribution in [2.75, 3.05) is 20.2 Å². The molecule has 6 heteroatoms. The monoisotopic (exact) mass is 349 g/mol. The van der Waals surface area contributed by atoms with Crippen molar-refractivity contribution in [3.8, 4) is 11.4 Å². The van der Waals surface area contributed by atoms with E-state index >= 15 is 0 Å². The van der Waals surface area contributed by atoms with Gasteiger partial charge >= 0.3 is 0 Å². The summed E-state index contributed by atoms with van der Waals surface area (Å²) in [4.78, 5) is 4.23. The number of aliphatic imine (C=N–C) groups is 1. The number of ether oxygens (including phenoxy) is 1. The number of para-hydroxylation sites is 1. The summed E-state index contributed by atoms with van der Waals surface area (Å²) >= 11 is 0. The maximum atomic E-state index is 5.66. The average Bonchev–Trinajstić information content (AvgIpc) is 3.23. The zero-order chi connectivity index (χ0) is 18.0. The van der Waals surface area contributed by atoms with Gasteiger partial charge in [-0.1, -0.05) is 30.3 Å². The molecule has 6 nitrogen and oxygen atoms in total. The van der Waals surface area contributed by atoms with Crippen LogP contribution in [0.1, 0.15) is 5.56 Å². The highest BCUT2D eigenvalue weighted by atomic mass is 16.5. The smallest absolute Gasteiger partial charge is 0.191 e. The van der Waals surface area contributed by atoms with Gasteiger partial charge in [-0.25, -0.2) is 4.68 Å². The molecule has 0 saturated heterocycles. The van der Waals surface area contributed by atoms with E-state index in [0.29, 0.717) is 19.7 Å². The Hall–Kier alpha value is -3.28. The molecule has 3 aromatic rings. The second-order valence-corrected chi connectivity index (χ2v) is 5.63. The van der Waals surface area contributed by atoms with E-state index in [2.05, 4.69) is 32.9 Å². The highest BCUT2D eigenvalue weighted by molar-refractivity contribution is 5.79. The standard InChI is InChI=1S/C20H23N5O/c1-21-20(22-13-15-26-19-6-3-2-4-7-19)23-16-17-8-10-18(11-9-17)25-14-5-12-24-25/h2-12,14H,13,15-16H2,1H3,(H2,21,22,23). The summed E-state index contributed by atoms with van der Waals surface area (Å²) in [6.45, 7) is 1.94. The molecule has 0 aliphatic heterocycles. The minimum absolute atomic E-state index is 0.573. The third-order valence-corrected chi connectivity index (χ3v) is 3.80. The quantitative estimate of drug-likeness (QED) is 0.391. The van der Waals surface area contributed by atoms with Crippen molar-refractivity contribution in [3.05, 3.63) is 78.6 Å². The van der Waals surface area contributed by atoms with Crippen LogP contribution in [0.5, 0.6) is 5.75 Å². The lowest BCUT2D eigenvalue weighted by Crippen LogP contribution is -2.38. The molecule has 0 atom stereocenters. The van der Waals surface area contributed by atoms with Crippen LogP contribution < -0.4 is 15.4 Å². The molecule has 0 unspecified atom stereocenters. The first-order valence-corrected chi connectivity index (χ1v) is 8.56. The van der Waals surface area contributed by atoms with E-state index in [1.54, 1.807) is 13.2 Å². The lowest BCUT2D eigenvalue weighted by Gasteiger charge is -2.13. The number of benzene rings is 2. The molecule has 0 spiro atoms. The number of hydrogen-bond acceptors (Lipinski definition) is 3. The van der Waals surface area contributed by atoms with Crippen LogP contribution in [0.2, 0.25) is 0 Å². The van der Waals surface area contributed by atoms with E-state index in [1.165, 1.54) is 5.56 Å². The zero-order valence-corrected chi connectivity index (χ0v) is 14.8. The predicted molar refractivity (Wildman–Crippen MR) is 104 cm³/mol. The maximum Gasteiger partial charge on any atom is 0.191 e. The predicted octanol–water partition coefficient (Wildman–Crippen LogP) is 2.62. The summed E-state index contributed by atoms with van der Waals surface area (Å²) in [5.74, 6) is 1.62. The van der Waals surface area contributed by atoms with Crippen molar-refractivity contribution in [2.45, 2.75) is 6.54 Å². The minimum Gasteiger partial charge on any atom is -0.492 e. The molecule has 0 fully saturated rings. The molecule has 26 heavy (non-hydrogen) atoms. The van der Waals surface area contributed by atoms with E-state index in [4.69, 9.17) is 4.74 Å². The summed E-state index contributed by atoms with van der Waals surface area (Å²) in [6.07, 6.45) is 3.70. The fourth-order valence-corrected chi connectivity index (χ4v) is 2.45. The van der Waals surface area contributed by atoms with Gasteiger partial charge in [0.2, 0.25) is 0 Å². The van der Waals surface area contributed by atoms with Crippen LogP contribution in [0.3, 0.4) is 0 Å². The van der Waals surface area contributed by atoms with Crippen LogP contribution in [0.15, 0.2) is 78.0 Å². The van der Waals surface area contributed by atoms with Crippen molar-refractivity contribution in [1.29, 1.82) is 0 Å². The Balaban J connectivity index is 1.41. The van der Waals surface area contributed by atoms with Gasteiger partial charge in [-0.15, -0.1) is 0 Å². The largest absolute Gasteiger partial charge is 0.492 e. The van der Waals surface area contributed by atoms with E-state index in [0.717, 1.165) is 17.4 Å². The Bertz CT molecular complexity index is 798. The maximum absolute atomic E-state index is 5.66. The van der Waals surface area contributed by atoms with Crippen molar-refractivity contribution in [1.82, 2.24) is 20.4 Å². The molecular formula is C20H23N5O. The van der Waals surface area contributed by atoms with Gasteiger partial charge in [0.15, 0.2) is 5.96 Å². The van der Waals surface area contributed by atoms with E-state index < -0.39 is 0 Å². The van der Waals surface area contributed by atoms with Crippen LogP contribution >= 0.6 is 0 Å². The fourth-order valence-electron chi connectivity index (χ4n) is 2.45. The van der Waals surface area contributed by atoms with E-state index in [1.807, 2.05) is 59.4 Å². The van der Waals surface area contributed by atoms with E-state index in [-0.39, 0.29) is 0 Å². The van der Waals surface area contributed by atoms with Crippen LogP contribution in [0.4, 0.5) is 0 Å². The van der Waals surface area contributed by atoms with Gasteiger partial charge < -0.3 is 15.4 Å². The first-order chi connectivity index (χ1) is 12.8. The first-order valence-electron chi connectivity index (χ1n) is 8.56. The summed E-state index contributed by atoms with van der Waals surface area (Å²) in [5, 5.41) is 10.8. The third kappa shape index (κ3) is 5.11. The molecule has 1 aromatic heterocycles. The molecule has 0 saturated carbocycles. The molecule has 1 heterocycles. The summed E-state index contributed by atoms with van der Waals surface area (Å²) in [6, 6.07) is 19.9. The van der Waals surface area contributed by atoms with Crippen molar-refractivity contribution in [3.63, 3.8) is 0 Å². The van der Waals surface area contributed by atoms with Crippen LogP contribution in [0.25, 0.3) is 5.69 Å². The third-order valence-electron chi connectivity index (χ3n) is 3.80. The average molecular weight is 349 g/mol. The second-order valence-electron chi connectivity index (χ2n) is 5.63. The number of aromatic nitrogens is 2. The molecule has 0 bridgehead atoms. The molecule has 2 aromatic carbocycles. The topological polar surface area (TPSA) is 63.5 Å². The van der Waals surface area contributed by atoms with Crippen molar-refractivity contribution >= 4 is 5.96 Å². The van der Waals surface area contributed by atoms with Gasteiger partial charge in [0.25, 0.3) is 0 Å². The number of hydrogen-bond donors (Lipinski definition) is 2. The second kappa shape index (κ2) is 9.27. The van der Waals surface area contributed by atoms with Crippen molar-refractivity contribution in [2.24, 2.45) is 4.99 Å². The van der Waals surface area contributed by atoms with Crippen LogP contribution in [-0.4, -0.2) is 35.9 Å². The normalized spacial score (nSPS) is 11.2. The zero-order valence-electron chi connectivity index (χ0n) is 14.8. The highest BCUT2D eigenvalue weighted by Gasteiger charge is 2.00. The molecular weight excluding hydrogens is 326 g/mol. The molecule has 3 rings (SSSR count). The molecule has 2 N–H and O–H groups in total. The Morgan fingerprint density at radius 1 is 1.04 bits per heavy atom. The summed E-state index contributed by atoms with van der Waals surface area (Å²) in [7, 11) is 1.76. The van der Waals surface area contributed by atoms with Gasteiger partial charge in [-0.3, -0.25) is 4.99 Å². The lowest BCUT2D eigenvalue weighted by atomic mass is 10.2. The van der Waals surface area contributed by atoms with Gasteiger partial charge in [0.1, 0.15) is 12.4 Å². The summed E-state index contributed by atoms with van der Waals surface area (Å²) < 4.78 is 7.50. The van der Waals surface area contributed by atoms with Crippen molar-refractivity contribution < 1.29 is 4.74 Å². The van der Waals surface area contributed by atoms with Gasteiger partial charge in [-0.2, -0.15) is 5.10 Å². The number of nitrogens with one attached hydrogen (secondary N) is 2. The Morgan fingerprint density at radius 2 is 1.85 bits per heavy atom. The highest BCUT2D eigenvalue weighted by Crippen LogP contribution is 2.09. The number of nitrogens with zero attached hydrogens (tertiary/aromatic N) is 3. The van der Waals surface area contributed by atoms with Gasteiger partial charge in [0, 0.05) is 26.0 Å². The van der Waals surface area contributed by atoms with Crippen LogP contribution in [-0.2, 0) is 6.54 Å². The fraction of sp³-hybridized carbons (Fsp3) is 0.200. The summed E-state index contributed by atoms with van der Waals surface area (Å²) in [5.41, 5.74) is 2.21. The number of rotatable bonds is 7. The number of guanidine groups is 1. The lowest BCUT2D eigenvalue weighted by molar-refractivity contribution is 0.322. The minimum atomic E-state index is 0.573. The van der Waals surface area contributed by atoms with Gasteiger partial charge in [0.05, 0.1) is 12.2 Å². The molecule has 0 aliphatic carbocycles. The molecule has 0 radical (unpaired) electrons. The van der Waals surface area contributed by atoms with E-state index in [9.17, 15) is 0 Å². The molecule has 134 valence electrons. The molecule has 0 aliphatic rings. The molecule has 0 amide bonds. The van der Waals surface area contributed by atoms with Crippen LogP contribution in [0, 0.1) is 0 Å².